The number of aliphatic imine (C=N–C) groups is 1. The van der Waals surface area contributed by atoms with Gasteiger partial charge in [-0.05, 0) is 44.4 Å². The molecule has 1 aromatic carbocycles. The molecular weight excluding hydrogens is 328 g/mol. The highest BCUT2D eigenvalue weighted by Gasteiger charge is 2.06. The lowest BCUT2D eigenvalue weighted by Crippen LogP contribution is -2.38. The first-order valence-corrected chi connectivity index (χ1v) is 9.73. The largest absolute Gasteiger partial charge is 0.382 e. The molecule has 0 fully saturated rings. The van der Waals surface area contributed by atoms with Crippen molar-refractivity contribution in [2.45, 2.75) is 31.6 Å². The second-order valence-electron chi connectivity index (χ2n) is 5.18. The number of nitrogens with two attached hydrogens (primary N) is 1. The molecule has 0 atom stereocenters. The Morgan fingerprint density at radius 2 is 1.92 bits per heavy atom. The molecule has 0 aliphatic carbocycles. The molecular formula is C16H28N4O3S. The lowest BCUT2D eigenvalue weighted by molar-refractivity contribution is 0.146. The Bertz CT molecular complexity index is 600. The second kappa shape index (κ2) is 11.0. The summed E-state index contributed by atoms with van der Waals surface area (Å²) >= 11 is 0. The highest BCUT2D eigenvalue weighted by atomic mass is 32.2. The molecule has 0 amide bonds. The van der Waals surface area contributed by atoms with E-state index in [1.165, 1.54) is 12.1 Å². The van der Waals surface area contributed by atoms with Crippen LogP contribution in [0.3, 0.4) is 0 Å². The number of nitrogens with zero attached hydrogens (tertiary/aromatic N) is 1. The van der Waals surface area contributed by atoms with Gasteiger partial charge < -0.3 is 15.4 Å². The number of sulfonamides is 1. The third kappa shape index (κ3) is 8.28. The van der Waals surface area contributed by atoms with E-state index >= 15 is 0 Å². The van der Waals surface area contributed by atoms with E-state index in [4.69, 9.17) is 9.88 Å². The van der Waals surface area contributed by atoms with Crippen molar-refractivity contribution in [3.05, 3.63) is 29.8 Å². The van der Waals surface area contributed by atoms with Crippen molar-refractivity contribution in [1.82, 2.24) is 10.6 Å². The van der Waals surface area contributed by atoms with Gasteiger partial charge in [0.05, 0.1) is 4.90 Å². The zero-order chi connectivity index (χ0) is 17.8. The van der Waals surface area contributed by atoms with Gasteiger partial charge in [-0.2, -0.15) is 0 Å². The Labute approximate surface area is 144 Å². The van der Waals surface area contributed by atoms with Gasteiger partial charge in [-0.1, -0.05) is 12.1 Å². The van der Waals surface area contributed by atoms with Crippen LogP contribution < -0.4 is 15.8 Å². The van der Waals surface area contributed by atoms with Crippen LogP contribution >= 0.6 is 0 Å². The van der Waals surface area contributed by atoms with Gasteiger partial charge in [0.15, 0.2) is 5.96 Å². The molecule has 136 valence electrons. The fraction of sp³-hybridized carbons (Fsp3) is 0.562. The van der Waals surface area contributed by atoms with Gasteiger partial charge in [0, 0.05) is 32.8 Å². The van der Waals surface area contributed by atoms with Crippen LogP contribution in [0.2, 0.25) is 0 Å². The van der Waals surface area contributed by atoms with Crippen LogP contribution in [0.1, 0.15) is 25.8 Å². The summed E-state index contributed by atoms with van der Waals surface area (Å²) in [6.45, 7) is 7.64. The predicted octanol–water partition coefficient (Wildman–Crippen LogP) is 0.858. The lowest BCUT2D eigenvalue weighted by Gasteiger charge is -2.11. The first-order valence-electron chi connectivity index (χ1n) is 8.19. The minimum atomic E-state index is -3.63. The van der Waals surface area contributed by atoms with Crippen LogP contribution in [0.5, 0.6) is 0 Å². The highest BCUT2D eigenvalue weighted by molar-refractivity contribution is 7.89. The fourth-order valence-corrected chi connectivity index (χ4v) is 2.53. The summed E-state index contributed by atoms with van der Waals surface area (Å²) in [5, 5.41) is 11.5. The van der Waals surface area contributed by atoms with Crippen molar-refractivity contribution in [1.29, 1.82) is 0 Å². The Hall–Kier alpha value is -1.64. The van der Waals surface area contributed by atoms with Crippen LogP contribution in [0.4, 0.5) is 0 Å². The molecule has 0 aliphatic rings. The van der Waals surface area contributed by atoms with Gasteiger partial charge in [-0.25, -0.2) is 13.6 Å². The van der Waals surface area contributed by atoms with E-state index in [2.05, 4.69) is 15.6 Å². The molecule has 0 saturated carbocycles. The van der Waals surface area contributed by atoms with E-state index in [1.807, 2.05) is 13.8 Å². The molecule has 0 saturated heterocycles. The molecule has 0 unspecified atom stereocenters. The highest BCUT2D eigenvalue weighted by Crippen LogP contribution is 2.08. The van der Waals surface area contributed by atoms with E-state index < -0.39 is 10.0 Å². The van der Waals surface area contributed by atoms with Crippen molar-refractivity contribution >= 4 is 16.0 Å². The first-order chi connectivity index (χ1) is 11.5. The van der Waals surface area contributed by atoms with Gasteiger partial charge in [0.25, 0.3) is 0 Å². The van der Waals surface area contributed by atoms with E-state index in [0.717, 1.165) is 44.1 Å². The Morgan fingerprint density at radius 3 is 2.50 bits per heavy atom. The maximum Gasteiger partial charge on any atom is 0.238 e. The molecule has 0 heterocycles. The number of ether oxygens (including phenoxy) is 1. The van der Waals surface area contributed by atoms with Crippen LogP contribution in [0.25, 0.3) is 0 Å². The Morgan fingerprint density at radius 1 is 1.21 bits per heavy atom. The standard InChI is InChI=1S/C16H28N4O3S/c1-3-18-16(19-11-5-13-23-4-2)20-12-10-14-6-8-15(9-7-14)24(17,21)22/h6-9H,3-5,10-13H2,1-2H3,(H2,17,21,22)(H2,18,19,20). The summed E-state index contributed by atoms with van der Waals surface area (Å²) in [7, 11) is -3.63. The second-order valence-corrected chi connectivity index (χ2v) is 6.74. The summed E-state index contributed by atoms with van der Waals surface area (Å²) in [6.07, 6.45) is 1.65. The molecule has 0 bridgehead atoms. The van der Waals surface area contributed by atoms with Gasteiger partial charge in [-0.15, -0.1) is 0 Å². The Balaban J connectivity index is 2.42. The van der Waals surface area contributed by atoms with Crippen molar-refractivity contribution in [3.63, 3.8) is 0 Å². The molecule has 7 nitrogen and oxygen atoms in total. The van der Waals surface area contributed by atoms with E-state index in [-0.39, 0.29) is 4.90 Å². The summed E-state index contributed by atoms with van der Waals surface area (Å²) < 4.78 is 27.7. The summed E-state index contributed by atoms with van der Waals surface area (Å²) in [5.41, 5.74) is 1.03. The minimum Gasteiger partial charge on any atom is -0.382 e. The average Bonchev–Trinajstić information content (AvgIpc) is 2.54. The molecule has 0 radical (unpaired) electrons. The van der Waals surface area contributed by atoms with Crippen LogP contribution in [0.15, 0.2) is 34.2 Å². The first kappa shape index (κ1) is 20.4. The summed E-state index contributed by atoms with van der Waals surface area (Å²) in [6, 6.07) is 6.59. The van der Waals surface area contributed by atoms with Crippen molar-refractivity contribution in [2.24, 2.45) is 10.1 Å². The van der Waals surface area contributed by atoms with Crippen LogP contribution in [-0.2, 0) is 21.2 Å². The van der Waals surface area contributed by atoms with Crippen molar-refractivity contribution in [2.75, 3.05) is 32.8 Å². The third-order valence-electron chi connectivity index (χ3n) is 3.22. The SMILES string of the molecule is CCNC(=NCCCOCC)NCCc1ccc(S(N)(=O)=O)cc1. The molecule has 0 aromatic heterocycles. The van der Waals surface area contributed by atoms with Crippen molar-refractivity contribution < 1.29 is 13.2 Å². The topological polar surface area (TPSA) is 106 Å². The predicted molar refractivity (Wildman–Crippen MR) is 96.6 cm³/mol. The zero-order valence-electron chi connectivity index (χ0n) is 14.4. The zero-order valence-corrected chi connectivity index (χ0v) is 15.2. The summed E-state index contributed by atoms with van der Waals surface area (Å²) in [5.74, 6) is 0.773. The molecule has 24 heavy (non-hydrogen) atoms. The van der Waals surface area contributed by atoms with Gasteiger partial charge in [0.2, 0.25) is 10.0 Å². The minimum absolute atomic E-state index is 0.128. The quantitative estimate of drug-likeness (QED) is 0.327. The van der Waals surface area contributed by atoms with E-state index in [9.17, 15) is 8.42 Å². The van der Waals surface area contributed by atoms with Crippen LogP contribution in [0, 0.1) is 0 Å². The maximum atomic E-state index is 11.2. The van der Waals surface area contributed by atoms with E-state index in [1.54, 1.807) is 12.1 Å². The monoisotopic (exact) mass is 356 g/mol. The average molecular weight is 356 g/mol. The third-order valence-corrected chi connectivity index (χ3v) is 4.15. The fourth-order valence-electron chi connectivity index (χ4n) is 2.01. The smallest absolute Gasteiger partial charge is 0.238 e. The number of benzene rings is 1. The van der Waals surface area contributed by atoms with Gasteiger partial charge in [0.1, 0.15) is 0 Å². The van der Waals surface area contributed by atoms with Gasteiger partial charge >= 0.3 is 0 Å². The number of guanidine groups is 1. The number of rotatable bonds is 10. The summed E-state index contributed by atoms with van der Waals surface area (Å²) in [4.78, 5) is 4.61. The van der Waals surface area contributed by atoms with Gasteiger partial charge in [-0.3, -0.25) is 4.99 Å². The molecule has 8 heteroatoms. The molecule has 0 aliphatic heterocycles. The number of hydrogen-bond donors (Lipinski definition) is 3. The Kier molecular flexibility index (Phi) is 9.36. The van der Waals surface area contributed by atoms with E-state index in [0.29, 0.717) is 13.1 Å². The molecule has 1 rings (SSSR count). The molecule has 4 N–H and O–H groups in total. The number of hydrogen-bond acceptors (Lipinski definition) is 4. The molecule has 1 aromatic rings. The number of primary sulfonamides is 1. The normalized spacial score (nSPS) is 12.2. The lowest BCUT2D eigenvalue weighted by atomic mass is 10.1. The van der Waals surface area contributed by atoms with Crippen LogP contribution in [-0.4, -0.2) is 47.2 Å². The maximum absolute atomic E-state index is 11.2. The van der Waals surface area contributed by atoms with Crippen molar-refractivity contribution in [3.8, 4) is 0 Å². The number of nitrogens with one attached hydrogen (secondary N) is 2. The molecule has 0 spiro atoms.